The number of hydrogen-bond donors (Lipinski definition) is 3. The molecule has 0 bridgehead atoms. The first-order valence-electron chi connectivity index (χ1n) is 24.7. The number of rotatable bonds is 45. The van der Waals surface area contributed by atoms with Crippen LogP contribution >= 0.6 is 7.82 Å². The Kier molecular flexibility index (Phi) is 40.6. The number of allylic oxidation sites excluding steroid dienone is 3. The molecule has 0 spiro atoms. The number of quaternary nitrogens is 1. The number of likely N-dealkylation sites (N-methyl/N-ethyl adjacent to an activating group) is 1. The maximum absolute atomic E-state index is 12.9. The van der Waals surface area contributed by atoms with Crippen LogP contribution in [0.3, 0.4) is 0 Å². The summed E-state index contributed by atoms with van der Waals surface area (Å²) in [5.74, 6) is -0.178. The van der Waals surface area contributed by atoms with E-state index in [4.69, 9.17) is 9.05 Å². The highest BCUT2D eigenvalue weighted by molar-refractivity contribution is 7.47. The number of aliphatic hydroxyl groups excluding tert-OH is 1. The zero-order chi connectivity index (χ0) is 42.8. The number of carbonyl (C=O) groups excluding carboxylic acids is 1. The van der Waals surface area contributed by atoms with Gasteiger partial charge in [0.15, 0.2) is 0 Å². The number of phosphoric ester groups is 1. The van der Waals surface area contributed by atoms with Crippen molar-refractivity contribution in [2.45, 2.75) is 244 Å². The van der Waals surface area contributed by atoms with Crippen LogP contribution in [0.25, 0.3) is 0 Å². The van der Waals surface area contributed by atoms with Gasteiger partial charge in [-0.05, 0) is 44.9 Å². The van der Waals surface area contributed by atoms with Crippen molar-refractivity contribution in [3.63, 3.8) is 0 Å². The van der Waals surface area contributed by atoms with Gasteiger partial charge in [0.25, 0.3) is 0 Å². The molecule has 0 aromatic rings. The maximum atomic E-state index is 12.9. The molecular formula is C49H98N2O6P+. The molecule has 0 aliphatic heterocycles. The topological polar surface area (TPSA) is 105 Å². The van der Waals surface area contributed by atoms with Gasteiger partial charge >= 0.3 is 7.82 Å². The lowest BCUT2D eigenvalue weighted by Gasteiger charge is -2.25. The van der Waals surface area contributed by atoms with Crippen LogP contribution in [0.5, 0.6) is 0 Å². The minimum atomic E-state index is -4.34. The molecule has 344 valence electrons. The minimum absolute atomic E-state index is 0.0625. The molecule has 58 heavy (non-hydrogen) atoms. The molecule has 0 aliphatic rings. The van der Waals surface area contributed by atoms with Crippen molar-refractivity contribution < 1.29 is 32.9 Å². The third kappa shape index (κ3) is 43.1. The number of unbranched alkanes of at least 4 members (excludes halogenated alkanes) is 30. The second kappa shape index (κ2) is 41.3. The average Bonchev–Trinajstić information content (AvgIpc) is 3.17. The molecule has 0 aromatic carbocycles. The standard InChI is InChI=1S/C49H97N2O6P/c1-6-8-10-12-14-16-18-20-22-24-25-27-29-31-33-35-37-39-41-43-49(53)50-47(46-57-58(54,55)56-45-44-51(3,4)5)48(52)42-40-38-36-34-32-30-28-26-23-21-19-17-15-13-11-9-7-2/h20,22,40,42,47-48,52H,6-19,21,23-39,41,43-46H2,1-5H3,(H-,50,53,54,55)/p+1/b22-20-,42-40+. The van der Waals surface area contributed by atoms with Crippen LogP contribution in [-0.2, 0) is 18.4 Å². The monoisotopic (exact) mass is 842 g/mol. The summed E-state index contributed by atoms with van der Waals surface area (Å²) in [5, 5.41) is 13.9. The normalized spacial score (nSPS) is 14.4. The third-order valence-electron chi connectivity index (χ3n) is 11.2. The van der Waals surface area contributed by atoms with Crippen molar-refractivity contribution in [3.8, 4) is 0 Å². The molecular weight excluding hydrogens is 744 g/mol. The van der Waals surface area contributed by atoms with E-state index in [0.717, 1.165) is 38.5 Å². The lowest BCUT2D eigenvalue weighted by atomic mass is 10.0. The van der Waals surface area contributed by atoms with Gasteiger partial charge in [0.1, 0.15) is 13.2 Å². The molecule has 8 nitrogen and oxygen atoms in total. The lowest BCUT2D eigenvalue weighted by molar-refractivity contribution is -0.870. The predicted molar refractivity (Wildman–Crippen MR) is 249 cm³/mol. The van der Waals surface area contributed by atoms with Gasteiger partial charge < -0.3 is 19.8 Å². The average molecular weight is 842 g/mol. The number of aliphatic hydroxyl groups is 1. The zero-order valence-electron chi connectivity index (χ0n) is 39.0. The highest BCUT2D eigenvalue weighted by Crippen LogP contribution is 2.43. The fourth-order valence-electron chi connectivity index (χ4n) is 7.21. The Bertz CT molecular complexity index is 1000. The summed E-state index contributed by atoms with van der Waals surface area (Å²) in [6.45, 7) is 4.83. The van der Waals surface area contributed by atoms with Crippen LogP contribution in [0, 0.1) is 0 Å². The second-order valence-corrected chi connectivity index (χ2v) is 19.6. The molecule has 3 N–H and O–H groups in total. The smallest absolute Gasteiger partial charge is 0.387 e. The van der Waals surface area contributed by atoms with E-state index in [1.165, 1.54) is 173 Å². The Morgan fingerprint density at radius 2 is 0.931 bits per heavy atom. The first-order chi connectivity index (χ1) is 28.0. The highest BCUT2D eigenvalue weighted by Gasteiger charge is 2.27. The van der Waals surface area contributed by atoms with E-state index < -0.39 is 20.0 Å². The Hall–Kier alpha value is -1.02. The van der Waals surface area contributed by atoms with E-state index in [1.54, 1.807) is 6.08 Å². The van der Waals surface area contributed by atoms with Gasteiger partial charge in [0.2, 0.25) is 5.91 Å². The molecule has 0 fully saturated rings. The lowest BCUT2D eigenvalue weighted by Crippen LogP contribution is -2.45. The van der Waals surface area contributed by atoms with E-state index in [0.29, 0.717) is 17.4 Å². The van der Waals surface area contributed by atoms with E-state index in [1.807, 2.05) is 27.2 Å². The fourth-order valence-corrected chi connectivity index (χ4v) is 7.95. The fraction of sp³-hybridized carbons (Fsp3) is 0.898. The number of phosphoric acid groups is 1. The van der Waals surface area contributed by atoms with E-state index in [2.05, 4.69) is 31.3 Å². The Morgan fingerprint density at radius 3 is 1.33 bits per heavy atom. The molecule has 1 amide bonds. The molecule has 0 saturated heterocycles. The zero-order valence-corrected chi connectivity index (χ0v) is 39.9. The number of nitrogens with zero attached hydrogens (tertiary/aromatic N) is 1. The molecule has 0 radical (unpaired) electrons. The molecule has 0 rings (SSSR count). The van der Waals surface area contributed by atoms with Gasteiger partial charge in [0, 0.05) is 6.42 Å². The maximum Gasteiger partial charge on any atom is 0.472 e. The molecule has 0 saturated carbocycles. The van der Waals surface area contributed by atoms with Crippen molar-refractivity contribution in [2.75, 3.05) is 40.9 Å². The third-order valence-corrected chi connectivity index (χ3v) is 12.1. The van der Waals surface area contributed by atoms with Crippen molar-refractivity contribution >= 4 is 13.7 Å². The van der Waals surface area contributed by atoms with Crippen LogP contribution in [0.2, 0.25) is 0 Å². The van der Waals surface area contributed by atoms with Crippen molar-refractivity contribution in [1.82, 2.24) is 5.32 Å². The molecule has 0 aliphatic carbocycles. The summed E-state index contributed by atoms with van der Waals surface area (Å²) < 4.78 is 23.6. The molecule has 0 heterocycles. The second-order valence-electron chi connectivity index (χ2n) is 18.2. The van der Waals surface area contributed by atoms with Crippen molar-refractivity contribution in [2.24, 2.45) is 0 Å². The number of hydrogen-bond acceptors (Lipinski definition) is 5. The molecule has 3 atom stereocenters. The van der Waals surface area contributed by atoms with Gasteiger partial charge in [-0.1, -0.05) is 205 Å². The number of nitrogens with one attached hydrogen (secondary N) is 1. The van der Waals surface area contributed by atoms with Gasteiger partial charge in [-0.25, -0.2) is 4.57 Å². The van der Waals surface area contributed by atoms with Crippen molar-refractivity contribution in [3.05, 3.63) is 24.3 Å². The Morgan fingerprint density at radius 1 is 0.569 bits per heavy atom. The number of carbonyl (C=O) groups is 1. The van der Waals surface area contributed by atoms with Gasteiger partial charge in [-0.15, -0.1) is 0 Å². The van der Waals surface area contributed by atoms with Crippen LogP contribution in [0.1, 0.15) is 232 Å². The van der Waals surface area contributed by atoms with Crippen LogP contribution < -0.4 is 5.32 Å². The predicted octanol–water partition coefficient (Wildman–Crippen LogP) is 14.1. The molecule has 9 heteroatoms. The summed E-state index contributed by atoms with van der Waals surface area (Å²) >= 11 is 0. The van der Waals surface area contributed by atoms with Crippen LogP contribution in [-0.4, -0.2) is 73.4 Å². The first kappa shape index (κ1) is 57.0. The van der Waals surface area contributed by atoms with E-state index in [9.17, 15) is 19.4 Å². The quantitative estimate of drug-likeness (QED) is 0.0244. The first-order valence-corrected chi connectivity index (χ1v) is 26.2. The van der Waals surface area contributed by atoms with Crippen LogP contribution in [0.15, 0.2) is 24.3 Å². The summed E-state index contributed by atoms with van der Waals surface area (Å²) in [6.07, 6.45) is 49.6. The Balaban J connectivity index is 4.34. The van der Waals surface area contributed by atoms with E-state index in [-0.39, 0.29) is 19.1 Å². The highest BCUT2D eigenvalue weighted by atomic mass is 31.2. The van der Waals surface area contributed by atoms with Gasteiger partial charge in [-0.2, -0.15) is 0 Å². The summed E-state index contributed by atoms with van der Waals surface area (Å²) in [4.78, 5) is 23.2. The SMILES string of the molecule is CCCCCCCC/C=C\CCCCCCCCCCCC(=O)NC(COP(=O)(O)OCC[N+](C)(C)C)C(O)/C=C/CCCCCCCCCCCCCCCCC. The van der Waals surface area contributed by atoms with Gasteiger partial charge in [0.05, 0.1) is 39.9 Å². The Labute approximate surface area is 360 Å². The minimum Gasteiger partial charge on any atom is -0.387 e. The summed E-state index contributed by atoms with van der Waals surface area (Å²) in [7, 11) is 1.58. The summed E-state index contributed by atoms with van der Waals surface area (Å²) in [6, 6.07) is -0.844. The number of amides is 1. The van der Waals surface area contributed by atoms with E-state index >= 15 is 0 Å². The summed E-state index contributed by atoms with van der Waals surface area (Å²) in [5.41, 5.74) is 0. The largest absolute Gasteiger partial charge is 0.472 e. The van der Waals surface area contributed by atoms with Crippen LogP contribution in [0.4, 0.5) is 0 Å². The van der Waals surface area contributed by atoms with Gasteiger partial charge in [-0.3, -0.25) is 13.8 Å². The molecule has 0 aromatic heterocycles. The molecule has 3 unspecified atom stereocenters. The van der Waals surface area contributed by atoms with Crippen molar-refractivity contribution in [1.29, 1.82) is 0 Å².